The van der Waals surface area contributed by atoms with Crippen LogP contribution >= 0.6 is 0 Å². The summed E-state index contributed by atoms with van der Waals surface area (Å²) in [5.74, 6) is 5.90. The Morgan fingerprint density at radius 3 is 2.52 bits per heavy atom. The molecule has 0 fully saturated rings. The molecule has 0 amide bonds. The highest BCUT2D eigenvalue weighted by atomic mass is 16.3. The van der Waals surface area contributed by atoms with Gasteiger partial charge in [-0.3, -0.25) is 0 Å². The molecule has 0 aliphatic rings. The Morgan fingerprint density at radius 2 is 1.84 bits per heavy atom. The summed E-state index contributed by atoms with van der Waals surface area (Å²) >= 11 is 0. The first kappa shape index (κ1) is 18.6. The molecule has 4 heteroatoms. The van der Waals surface area contributed by atoms with Crippen molar-refractivity contribution in [2.75, 3.05) is 0 Å². The first-order valence-corrected chi connectivity index (χ1v) is 8.56. The highest BCUT2D eigenvalue weighted by Crippen LogP contribution is 2.29. The van der Waals surface area contributed by atoms with Crippen molar-refractivity contribution in [2.24, 2.45) is 5.11 Å². The van der Waals surface area contributed by atoms with Crippen LogP contribution < -0.4 is 0 Å². The Hall–Kier alpha value is -2.73. The van der Waals surface area contributed by atoms with E-state index >= 15 is 0 Å². The molecule has 1 atom stereocenters. The lowest BCUT2D eigenvalue weighted by molar-refractivity contribution is 0.123. The number of aliphatic hydroxyl groups is 1. The molecule has 0 saturated carbocycles. The minimum atomic E-state index is -1.40. The van der Waals surface area contributed by atoms with E-state index in [0.29, 0.717) is 11.3 Å². The fourth-order valence-electron chi connectivity index (χ4n) is 2.62. The van der Waals surface area contributed by atoms with Crippen LogP contribution in [0.1, 0.15) is 49.8 Å². The summed E-state index contributed by atoms with van der Waals surface area (Å²) in [6, 6.07) is 15.0. The fraction of sp³-hybridized carbons (Fsp3) is 0.333. The van der Waals surface area contributed by atoms with Gasteiger partial charge < -0.3 is 5.11 Å². The Morgan fingerprint density at radius 1 is 1.12 bits per heavy atom. The molecule has 25 heavy (non-hydrogen) atoms. The molecule has 0 heterocycles. The van der Waals surface area contributed by atoms with Gasteiger partial charge in [0.1, 0.15) is 5.60 Å². The van der Waals surface area contributed by atoms with Crippen LogP contribution in [0.5, 0.6) is 0 Å². The Labute approximate surface area is 149 Å². The number of benzene rings is 2. The van der Waals surface area contributed by atoms with Crippen molar-refractivity contribution in [2.45, 2.75) is 45.1 Å². The van der Waals surface area contributed by atoms with Crippen molar-refractivity contribution in [1.82, 2.24) is 0 Å². The molecule has 0 aliphatic heterocycles. The molecule has 2 rings (SSSR count). The fourth-order valence-corrected chi connectivity index (χ4v) is 2.62. The molecular weight excluding hydrogens is 310 g/mol. The van der Waals surface area contributed by atoms with Gasteiger partial charge in [-0.25, -0.2) is 0 Å². The monoisotopic (exact) mass is 333 g/mol. The molecular formula is C21H23N3O. The van der Waals surface area contributed by atoms with E-state index < -0.39 is 5.60 Å². The zero-order chi connectivity index (χ0) is 18.1. The van der Waals surface area contributed by atoms with Gasteiger partial charge in [-0.2, -0.15) is 0 Å². The smallest absolute Gasteiger partial charge is 0.148 e. The molecule has 1 unspecified atom stereocenters. The molecule has 1 N–H and O–H groups in total. The van der Waals surface area contributed by atoms with Gasteiger partial charge >= 0.3 is 0 Å². The van der Waals surface area contributed by atoms with E-state index in [4.69, 9.17) is 5.53 Å². The van der Waals surface area contributed by atoms with Crippen molar-refractivity contribution in [3.63, 3.8) is 0 Å². The van der Waals surface area contributed by atoms with Crippen LogP contribution in [0.2, 0.25) is 0 Å². The van der Waals surface area contributed by atoms with Crippen LogP contribution in [-0.4, -0.2) is 5.11 Å². The topological polar surface area (TPSA) is 69.0 Å². The molecule has 2 aromatic carbocycles. The summed E-state index contributed by atoms with van der Waals surface area (Å²) in [4.78, 5) is 2.80. The SMILES string of the molecule is CCCCCc1ccc(C#CC(C)(O)c2ccccc2N=[N+]=[N-])cc1. The summed E-state index contributed by atoms with van der Waals surface area (Å²) in [5.41, 5.74) is 10.3. The van der Waals surface area contributed by atoms with Crippen LogP contribution in [0, 0.1) is 11.8 Å². The summed E-state index contributed by atoms with van der Waals surface area (Å²) in [6.45, 7) is 3.80. The second-order valence-electron chi connectivity index (χ2n) is 6.18. The molecule has 0 radical (unpaired) electrons. The van der Waals surface area contributed by atoms with Gasteiger partial charge in [0.15, 0.2) is 0 Å². The van der Waals surface area contributed by atoms with Crippen LogP contribution in [0.15, 0.2) is 53.6 Å². The Kier molecular flexibility index (Phi) is 6.65. The van der Waals surface area contributed by atoms with Gasteiger partial charge in [0.05, 0.1) is 0 Å². The third-order valence-corrected chi connectivity index (χ3v) is 4.05. The number of azide groups is 1. The number of nitrogens with zero attached hydrogens (tertiary/aromatic N) is 3. The zero-order valence-corrected chi connectivity index (χ0v) is 14.7. The summed E-state index contributed by atoms with van der Waals surface area (Å²) in [5, 5.41) is 14.3. The van der Waals surface area contributed by atoms with E-state index in [1.807, 2.05) is 12.1 Å². The van der Waals surface area contributed by atoms with Gasteiger partial charge in [-0.05, 0) is 43.0 Å². The third kappa shape index (κ3) is 5.39. The van der Waals surface area contributed by atoms with E-state index in [9.17, 15) is 5.11 Å². The molecule has 0 aromatic heterocycles. The molecule has 0 bridgehead atoms. The molecule has 2 aromatic rings. The summed E-state index contributed by atoms with van der Waals surface area (Å²) < 4.78 is 0. The number of aryl methyl sites for hydroxylation is 1. The predicted octanol–water partition coefficient (Wildman–Crippen LogP) is 5.62. The Bertz CT molecular complexity index is 807. The quantitative estimate of drug-likeness (QED) is 0.241. The molecule has 4 nitrogen and oxygen atoms in total. The maximum atomic E-state index is 10.7. The van der Waals surface area contributed by atoms with Crippen LogP contribution in [0.3, 0.4) is 0 Å². The maximum Gasteiger partial charge on any atom is 0.148 e. The number of rotatable bonds is 6. The number of hydrogen-bond donors (Lipinski definition) is 1. The molecule has 128 valence electrons. The van der Waals surface area contributed by atoms with Gasteiger partial charge in [0, 0.05) is 21.7 Å². The van der Waals surface area contributed by atoms with E-state index in [-0.39, 0.29) is 0 Å². The van der Waals surface area contributed by atoms with Crippen molar-refractivity contribution in [3.05, 3.63) is 75.7 Å². The third-order valence-electron chi connectivity index (χ3n) is 4.05. The lowest BCUT2D eigenvalue weighted by atomic mass is 9.94. The maximum absolute atomic E-state index is 10.7. The van der Waals surface area contributed by atoms with Crippen LogP contribution in [0.25, 0.3) is 10.4 Å². The highest BCUT2D eigenvalue weighted by molar-refractivity contribution is 5.52. The van der Waals surface area contributed by atoms with E-state index in [0.717, 1.165) is 12.0 Å². The van der Waals surface area contributed by atoms with Gasteiger partial charge in [0.2, 0.25) is 0 Å². The van der Waals surface area contributed by atoms with Gasteiger partial charge in [-0.1, -0.05) is 73.1 Å². The van der Waals surface area contributed by atoms with Gasteiger partial charge in [-0.15, -0.1) is 0 Å². The van der Waals surface area contributed by atoms with Crippen molar-refractivity contribution in [1.29, 1.82) is 0 Å². The van der Waals surface area contributed by atoms with Crippen LogP contribution in [-0.2, 0) is 12.0 Å². The van der Waals surface area contributed by atoms with Crippen molar-refractivity contribution in [3.8, 4) is 11.8 Å². The molecule has 0 saturated heterocycles. The molecule has 0 aliphatic carbocycles. The lowest BCUT2D eigenvalue weighted by Gasteiger charge is -2.18. The number of unbranched alkanes of at least 4 members (excludes halogenated alkanes) is 2. The number of hydrogen-bond acceptors (Lipinski definition) is 2. The summed E-state index contributed by atoms with van der Waals surface area (Å²) in [6.07, 6.45) is 4.75. The standard InChI is InChI=1S/C21H23N3O/c1-3-4-5-8-17-11-13-18(14-12-17)15-16-21(2,25)19-9-6-7-10-20(19)23-24-22/h6-7,9-14,25H,3-5,8H2,1-2H3. The Balaban J connectivity index is 2.18. The van der Waals surface area contributed by atoms with E-state index in [2.05, 4.69) is 40.9 Å². The second kappa shape index (κ2) is 8.94. The first-order valence-electron chi connectivity index (χ1n) is 8.56. The lowest BCUT2D eigenvalue weighted by Crippen LogP contribution is -2.18. The first-order chi connectivity index (χ1) is 12.1. The minimum absolute atomic E-state index is 0.385. The largest absolute Gasteiger partial charge is 0.374 e. The average molecular weight is 333 g/mol. The minimum Gasteiger partial charge on any atom is -0.374 e. The normalized spacial score (nSPS) is 12.4. The molecule has 0 spiro atoms. The second-order valence-corrected chi connectivity index (χ2v) is 6.18. The zero-order valence-electron chi connectivity index (χ0n) is 14.7. The van der Waals surface area contributed by atoms with Crippen molar-refractivity contribution >= 4 is 5.69 Å². The van der Waals surface area contributed by atoms with Gasteiger partial charge in [0.25, 0.3) is 0 Å². The van der Waals surface area contributed by atoms with Crippen LogP contribution in [0.4, 0.5) is 5.69 Å². The van der Waals surface area contributed by atoms with E-state index in [1.165, 1.54) is 24.8 Å². The highest BCUT2D eigenvalue weighted by Gasteiger charge is 2.22. The summed E-state index contributed by atoms with van der Waals surface area (Å²) in [7, 11) is 0. The van der Waals surface area contributed by atoms with E-state index in [1.54, 1.807) is 31.2 Å². The average Bonchev–Trinajstić information content (AvgIpc) is 2.62. The predicted molar refractivity (Wildman–Crippen MR) is 101 cm³/mol. The van der Waals surface area contributed by atoms with Crippen molar-refractivity contribution < 1.29 is 5.11 Å².